The van der Waals surface area contributed by atoms with E-state index in [-0.39, 0.29) is 17.8 Å². The van der Waals surface area contributed by atoms with Crippen LogP contribution in [0.3, 0.4) is 0 Å². The summed E-state index contributed by atoms with van der Waals surface area (Å²) in [6, 6.07) is 6.57. The molecule has 0 saturated heterocycles. The average Bonchev–Trinajstić information content (AvgIpc) is 3.29. The van der Waals surface area contributed by atoms with Crippen LogP contribution in [-0.2, 0) is 19.0 Å². The van der Waals surface area contributed by atoms with Crippen LogP contribution in [-0.4, -0.2) is 41.0 Å². The van der Waals surface area contributed by atoms with E-state index in [0.29, 0.717) is 6.04 Å². The topological polar surface area (TPSA) is 53.1 Å². The molecule has 1 aromatic carbocycles. The van der Waals surface area contributed by atoms with E-state index < -0.39 is 11.7 Å². The van der Waals surface area contributed by atoms with Crippen LogP contribution in [0.2, 0.25) is 0 Å². The van der Waals surface area contributed by atoms with Crippen LogP contribution in [0, 0.1) is 0 Å². The molecule has 1 aromatic heterocycles. The lowest BCUT2D eigenvalue weighted by Gasteiger charge is -2.17. The van der Waals surface area contributed by atoms with Crippen molar-refractivity contribution < 1.29 is 13.2 Å². The minimum absolute atomic E-state index is 0.0665. The van der Waals surface area contributed by atoms with Gasteiger partial charge in [-0.15, -0.1) is 0 Å². The number of aromatic nitrogens is 2. The molecule has 1 heterocycles. The molecule has 0 amide bonds. The Morgan fingerprint density at radius 2 is 1.85 bits per heavy atom. The van der Waals surface area contributed by atoms with E-state index in [1.54, 1.807) is 0 Å². The third-order valence-corrected chi connectivity index (χ3v) is 5.12. The number of rotatable bonds is 5. The summed E-state index contributed by atoms with van der Waals surface area (Å²) < 4.78 is 39.6. The second kappa shape index (κ2) is 6.67. The molecule has 0 aliphatic heterocycles. The number of nitrogens with one attached hydrogen (secondary N) is 2. The van der Waals surface area contributed by atoms with Gasteiger partial charge in [-0.25, -0.2) is 4.98 Å². The van der Waals surface area contributed by atoms with Gasteiger partial charge in [0.15, 0.2) is 0 Å². The Kier molecular flexibility index (Phi) is 4.46. The van der Waals surface area contributed by atoms with Gasteiger partial charge in [-0.3, -0.25) is 0 Å². The highest BCUT2D eigenvalue weighted by molar-refractivity contribution is 5.59. The molecule has 27 heavy (non-hydrogen) atoms. The summed E-state index contributed by atoms with van der Waals surface area (Å²) in [4.78, 5) is 10.2. The van der Waals surface area contributed by atoms with Gasteiger partial charge in [0, 0.05) is 24.0 Å². The molecule has 2 N–H and O–H groups in total. The van der Waals surface area contributed by atoms with Crippen molar-refractivity contribution in [2.75, 3.05) is 24.7 Å². The zero-order chi connectivity index (χ0) is 19.2. The van der Waals surface area contributed by atoms with Crippen molar-refractivity contribution in [1.29, 1.82) is 0 Å². The maximum Gasteiger partial charge on any atom is 0.421 e. The zero-order valence-electron chi connectivity index (χ0n) is 15.3. The van der Waals surface area contributed by atoms with Gasteiger partial charge in [-0.2, -0.15) is 18.2 Å². The van der Waals surface area contributed by atoms with Gasteiger partial charge >= 0.3 is 6.18 Å². The van der Waals surface area contributed by atoms with E-state index >= 15 is 0 Å². The smallest absolute Gasteiger partial charge is 0.367 e. The van der Waals surface area contributed by atoms with Crippen molar-refractivity contribution in [3.63, 3.8) is 0 Å². The van der Waals surface area contributed by atoms with Crippen molar-refractivity contribution in [2.45, 2.75) is 43.9 Å². The van der Waals surface area contributed by atoms with Crippen molar-refractivity contribution in [3.8, 4) is 0 Å². The normalized spacial score (nSPS) is 19.3. The molecule has 1 saturated carbocycles. The maximum absolute atomic E-state index is 13.2. The predicted octanol–water partition coefficient (Wildman–Crippen LogP) is 3.84. The molecular weight excluding hydrogens is 355 g/mol. The fourth-order valence-electron chi connectivity index (χ4n) is 3.35. The van der Waals surface area contributed by atoms with Gasteiger partial charge in [0.2, 0.25) is 5.95 Å². The van der Waals surface area contributed by atoms with Crippen LogP contribution < -0.4 is 10.6 Å². The lowest BCUT2D eigenvalue weighted by Crippen LogP contribution is -2.27. The molecule has 2 aliphatic carbocycles. The summed E-state index contributed by atoms with van der Waals surface area (Å²) in [5.74, 6) is 0.00425. The minimum Gasteiger partial charge on any atom is -0.367 e. The van der Waals surface area contributed by atoms with E-state index in [9.17, 15) is 13.2 Å². The van der Waals surface area contributed by atoms with E-state index in [0.717, 1.165) is 37.6 Å². The fraction of sp³-hybridized carbons (Fsp3) is 0.474. The van der Waals surface area contributed by atoms with Gasteiger partial charge < -0.3 is 15.5 Å². The van der Waals surface area contributed by atoms with Crippen LogP contribution in [0.25, 0.3) is 0 Å². The summed E-state index contributed by atoms with van der Waals surface area (Å²) in [6.45, 7) is 0. The minimum atomic E-state index is -4.48. The van der Waals surface area contributed by atoms with Crippen LogP contribution >= 0.6 is 0 Å². The van der Waals surface area contributed by atoms with Crippen LogP contribution in [0.5, 0.6) is 0 Å². The highest BCUT2D eigenvalue weighted by Crippen LogP contribution is 2.36. The largest absolute Gasteiger partial charge is 0.421 e. The van der Waals surface area contributed by atoms with E-state index in [4.69, 9.17) is 0 Å². The molecule has 0 bridgehead atoms. The number of nitrogens with zero attached hydrogens (tertiary/aromatic N) is 3. The molecule has 0 radical (unpaired) electrons. The molecule has 5 nitrogen and oxygen atoms in total. The first-order chi connectivity index (χ1) is 12.8. The van der Waals surface area contributed by atoms with Crippen LogP contribution in [0.15, 0.2) is 24.4 Å². The van der Waals surface area contributed by atoms with Gasteiger partial charge in [-0.1, -0.05) is 6.07 Å². The van der Waals surface area contributed by atoms with Crippen molar-refractivity contribution >= 4 is 17.5 Å². The lowest BCUT2D eigenvalue weighted by atomic mass is 10.1. The Balaban J connectivity index is 1.56. The number of hydrogen-bond donors (Lipinski definition) is 2. The molecule has 2 aliphatic rings. The average molecular weight is 377 g/mol. The highest BCUT2D eigenvalue weighted by Gasteiger charge is 2.37. The molecule has 1 fully saturated rings. The number of alkyl halides is 3. The first-order valence-corrected chi connectivity index (χ1v) is 9.05. The second-order valence-electron chi connectivity index (χ2n) is 7.51. The Hall–Kier alpha value is -2.35. The summed E-state index contributed by atoms with van der Waals surface area (Å²) in [6.07, 6.45) is 0.0545. The number of halogens is 3. The van der Waals surface area contributed by atoms with Crippen molar-refractivity contribution in [1.82, 2.24) is 14.9 Å². The fourth-order valence-corrected chi connectivity index (χ4v) is 3.35. The summed E-state index contributed by atoms with van der Waals surface area (Å²) in [5, 5.41) is 5.91. The van der Waals surface area contributed by atoms with Crippen LogP contribution in [0.1, 0.15) is 29.5 Å². The molecule has 4 rings (SSSR count). The molecule has 2 aromatic rings. The lowest BCUT2D eigenvalue weighted by molar-refractivity contribution is -0.137. The Labute approximate surface area is 156 Å². The Morgan fingerprint density at radius 3 is 2.52 bits per heavy atom. The van der Waals surface area contributed by atoms with Gasteiger partial charge in [0.1, 0.15) is 11.4 Å². The molecular formula is C19H22F3N5. The first-order valence-electron chi connectivity index (χ1n) is 9.05. The quantitative estimate of drug-likeness (QED) is 0.829. The second-order valence-corrected chi connectivity index (χ2v) is 7.51. The van der Waals surface area contributed by atoms with Gasteiger partial charge in [0.05, 0.1) is 0 Å². The number of anilines is 3. The number of likely N-dealkylation sites (N-methyl/N-ethyl adjacent to an activating group) is 1. The van der Waals surface area contributed by atoms with E-state index in [2.05, 4.69) is 45.7 Å². The SMILES string of the molecule is CN(C)C1Cc2ccc(Nc3ncc(C(F)(F)F)c(NC4CC4)n3)cc2C1. The van der Waals surface area contributed by atoms with Crippen molar-refractivity contribution in [2.24, 2.45) is 0 Å². The maximum atomic E-state index is 13.2. The standard InChI is InChI=1S/C19H22F3N5/c1-27(2)15-8-11-3-4-14(7-12(11)9-15)25-18-23-10-16(19(20,21)22)17(26-18)24-13-5-6-13/h3-4,7,10,13,15H,5-6,8-9H2,1-2H3,(H2,23,24,25,26). The third-order valence-electron chi connectivity index (χ3n) is 5.12. The number of benzene rings is 1. The number of hydrogen-bond acceptors (Lipinski definition) is 5. The monoisotopic (exact) mass is 377 g/mol. The third kappa shape index (κ3) is 4.00. The molecule has 144 valence electrons. The van der Waals surface area contributed by atoms with Crippen LogP contribution in [0.4, 0.5) is 30.6 Å². The van der Waals surface area contributed by atoms with E-state index in [1.165, 1.54) is 11.1 Å². The zero-order valence-corrected chi connectivity index (χ0v) is 15.3. The van der Waals surface area contributed by atoms with E-state index in [1.807, 2.05) is 12.1 Å². The highest BCUT2D eigenvalue weighted by atomic mass is 19.4. The van der Waals surface area contributed by atoms with Gasteiger partial charge in [0.25, 0.3) is 0 Å². The summed E-state index contributed by atoms with van der Waals surface area (Å²) >= 11 is 0. The Morgan fingerprint density at radius 1 is 1.11 bits per heavy atom. The van der Waals surface area contributed by atoms with Crippen molar-refractivity contribution in [3.05, 3.63) is 41.1 Å². The summed E-state index contributed by atoms with van der Waals surface area (Å²) in [7, 11) is 4.14. The Bertz CT molecular complexity index is 846. The molecule has 1 unspecified atom stereocenters. The van der Waals surface area contributed by atoms with Gasteiger partial charge in [-0.05, 0) is 63.0 Å². The summed E-state index contributed by atoms with van der Waals surface area (Å²) in [5.41, 5.74) is 2.51. The first kappa shape index (κ1) is 18.0. The molecule has 0 spiro atoms. The predicted molar refractivity (Wildman–Crippen MR) is 98.3 cm³/mol. The number of fused-ring (bicyclic) bond motifs is 1. The molecule has 8 heteroatoms. The molecule has 1 atom stereocenters.